The summed E-state index contributed by atoms with van der Waals surface area (Å²) in [6, 6.07) is 13.9. The molecule has 0 atom stereocenters. The maximum atomic E-state index is 11.9. The number of halogens is 1. The summed E-state index contributed by atoms with van der Waals surface area (Å²) in [6.07, 6.45) is 0. The van der Waals surface area contributed by atoms with Gasteiger partial charge in [-0.1, -0.05) is 24.3 Å². The molecule has 0 aliphatic carbocycles. The summed E-state index contributed by atoms with van der Waals surface area (Å²) < 4.78 is 11.1. The van der Waals surface area contributed by atoms with E-state index in [0.29, 0.717) is 28.1 Å². The average molecular weight is 378 g/mol. The van der Waals surface area contributed by atoms with Crippen molar-refractivity contribution in [2.24, 2.45) is 0 Å². The van der Waals surface area contributed by atoms with Gasteiger partial charge in [0.1, 0.15) is 5.75 Å². The number of rotatable bonds is 6. The topological polar surface area (TPSA) is 64.6 Å². The average Bonchev–Trinajstić information content (AvgIpc) is 2.55. The zero-order valence-corrected chi connectivity index (χ0v) is 14.1. The van der Waals surface area contributed by atoms with Crippen LogP contribution < -0.4 is 10.1 Å². The van der Waals surface area contributed by atoms with Crippen molar-refractivity contribution in [2.45, 2.75) is 6.92 Å². The first-order valence-corrected chi connectivity index (χ1v) is 7.84. The van der Waals surface area contributed by atoms with Crippen molar-refractivity contribution < 1.29 is 19.1 Å². The van der Waals surface area contributed by atoms with Gasteiger partial charge >= 0.3 is 5.97 Å². The van der Waals surface area contributed by atoms with Crippen LogP contribution in [0.5, 0.6) is 5.75 Å². The van der Waals surface area contributed by atoms with Crippen molar-refractivity contribution in [1.29, 1.82) is 0 Å². The maximum absolute atomic E-state index is 11.9. The number of hydrogen-bond donors (Lipinski definition) is 1. The van der Waals surface area contributed by atoms with Crippen LogP contribution in [0.1, 0.15) is 17.3 Å². The molecule has 2 aromatic carbocycles. The molecule has 0 aromatic heterocycles. The van der Waals surface area contributed by atoms with E-state index in [2.05, 4.69) is 21.2 Å². The number of anilines is 1. The third-order valence-corrected chi connectivity index (χ3v) is 3.58. The number of benzene rings is 2. The van der Waals surface area contributed by atoms with E-state index in [1.54, 1.807) is 42.5 Å². The zero-order valence-electron chi connectivity index (χ0n) is 12.5. The SMILES string of the molecule is CCOc1ccccc1NC(=O)COC(=O)c1ccccc1Br. The van der Waals surface area contributed by atoms with Crippen LogP contribution in [0.4, 0.5) is 5.69 Å². The minimum Gasteiger partial charge on any atom is -0.492 e. The molecule has 2 aromatic rings. The summed E-state index contributed by atoms with van der Waals surface area (Å²) >= 11 is 3.27. The molecule has 0 fully saturated rings. The molecule has 0 heterocycles. The molecular weight excluding hydrogens is 362 g/mol. The normalized spacial score (nSPS) is 10.0. The van der Waals surface area contributed by atoms with E-state index in [4.69, 9.17) is 9.47 Å². The molecule has 0 aliphatic heterocycles. The second kappa shape index (κ2) is 8.33. The number of carbonyl (C=O) groups is 2. The lowest BCUT2D eigenvalue weighted by atomic mass is 10.2. The Bertz CT molecular complexity index is 702. The van der Waals surface area contributed by atoms with Crippen molar-refractivity contribution >= 4 is 33.5 Å². The van der Waals surface area contributed by atoms with Crippen molar-refractivity contribution in [3.63, 3.8) is 0 Å². The van der Waals surface area contributed by atoms with Gasteiger partial charge in [0.05, 0.1) is 17.9 Å². The fourth-order valence-electron chi connectivity index (χ4n) is 1.87. The van der Waals surface area contributed by atoms with Crippen molar-refractivity contribution in [1.82, 2.24) is 0 Å². The van der Waals surface area contributed by atoms with E-state index in [0.717, 1.165) is 0 Å². The fourth-order valence-corrected chi connectivity index (χ4v) is 2.32. The number of hydrogen-bond acceptors (Lipinski definition) is 4. The highest BCUT2D eigenvalue weighted by molar-refractivity contribution is 9.10. The number of ether oxygens (including phenoxy) is 2. The van der Waals surface area contributed by atoms with Gasteiger partial charge in [0.15, 0.2) is 6.61 Å². The summed E-state index contributed by atoms with van der Waals surface area (Å²) in [5, 5.41) is 2.66. The molecule has 2 rings (SSSR count). The third-order valence-electron chi connectivity index (χ3n) is 2.89. The standard InChI is InChI=1S/C17H16BrNO4/c1-2-22-15-10-6-5-9-14(15)19-16(20)11-23-17(21)12-7-3-4-8-13(12)18/h3-10H,2,11H2,1H3,(H,19,20). The second-order valence-corrected chi connectivity index (χ2v) is 5.39. The third kappa shape index (κ3) is 4.82. The van der Waals surface area contributed by atoms with Gasteiger partial charge in [-0.25, -0.2) is 4.79 Å². The van der Waals surface area contributed by atoms with E-state index < -0.39 is 11.9 Å². The van der Waals surface area contributed by atoms with Crippen LogP contribution in [0.15, 0.2) is 53.0 Å². The van der Waals surface area contributed by atoms with E-state index in [9.17, 15) is 9.59 Å². The van der Waals surface area contributed by atoms with Gasteiger partial charge in [0, 0.05) is 4.47 Å². The molecule has 0 unspecified atom stereocenters. The van der Waals surface area contributed by atoms with E-state index in [1.165, 1.54) is 0 Å². The molecule has 5 nitrogen and oxygen atoms in total. The lowest BCUT2D eigenvalue weighted by Gasteiger charge is -2.11. The summed E-state index contributed by atoms with van der Waals surface area (Å²) in [7, 11) is 0. The molecule has 0 spiro atoms. The molecule has 0 aliphatic rings. The van der Waals surface area contributed by atoms with Gasteiger partial charge in [-0.05, 0) is 47.1 Å². The monoisotopic (exact) mass is 377 g/mol. The van der Waals surface area contributed by atoms with Gasteiger partial charge in [-0.15, -0.1) is 0 Å². The smallest absolute Gasteiger partial charge is 0.339 e. The second-order valence-electron chi connectivity index (χ2n) is 4.53. The molecule has 6 heteroatoms. The Kier molecular flexibility index (Phi) is 6.17. The largest absolute Gasteiger partial charge is 0.492 e. The highest BCUT2D eigenvalue weighted by atomic mass is 79.9. The predicted molar refractivity (Wildman–Crippen MR) is 90.7 cm³/mol. The van der Waals surface area contributed by atoms with Gasteiger partial charge in [-0.3, -0.25) is 4.79 Å². The Morgan fingerprint density at radius 1 is 1.09 bits per heavy atom. The fraction of sp³-hybridized carbons (Fsp3) is 0.176. The van der Waals surface area contributed by atoms with Crippen LogP contribution >= 0.6 is 15.9 Å². The molecule has 0 bridgehead atoms. The molecule has 23 heavy (non-hydrogen) atoms. The first kappa shape index (κ1) is 17.0. The number of carbonyl (C=O) groups excluding carboxylic acids is 2. The lowest BCUT2D eigenvalue weighted by molar-refractivity contribution is -0.119. The number of esters is 1. The maximum Gasteiger partial charge on any atom is 0.339 e. The Morgan fingerprint density at radius 3 is 2.52 bits per heavy atom. The zero-order chi connectivity index (χ0) is 16.7. The first-order valence-electron chi connectivity index (χ1n) is 7.05. The van der Waals surface area contributed by atoms with E-state index in [1.807, 2.05) is 13.0 Å². The lowest BCUT2D eigenvalue weighted by Crippen LogP contribution is -2.21. The highest BCUT2D eigenvalue weighted by Crippen LogP contribution is 2.23. The molecule has 120 valence electrons. The first-order chi connectivity index (χ1) is 11.1. The molecule has 1 amide bonds. The highest BCUT2D eigenvalue weighted by Gasteiger charge is 2.14. The van der Waals surface area contributed by atoms with Crippen molar-refractivity contribution in [3.05, 3.63) is 58.6 Å². The Morgan fingerprint density at radius 2 is 1.78 bits per heavy atom. The van der Waals surface area contributed by atoms with Crippen LogP contribution in [-0.2, 0) is 9.53 Å². The van der Waals surface area contributed by atoms with Crippen LogP contribution in [0, 0.1) is 0 Å². The Hall–Kier alpha value is -2.34. The van der Waals surface area contributed by atoms with Crippen LogP contribution in [0.2, 0.25) is 0 Å². The van der Waals surface area contributed by atoms with Gasteiger partial charge < -0.3 is 14.8 Å². The number of nitrogens with one attached hydrogen (secondary N) is 1. The van der Waals surface area contributed by atoms with Crippen LogP contribution in [0.25, 0.3) is 0 Å². The summed E-state index contributed by atoms with van der Waals surface area (Å²) in [6.45, 7) is 1.97. The van der Waals surface area contributed by atoms with Gasteiger partial charge in [0.25, 0.3) is 5.91 Å². The minimum absolute atomic E-state index is 0.370. The molecular formula is C17H16BrNO4. The summed E-state index contributed by atoms with van der Waals surface area (Å²) in [4.78, 5) is 23.9. The molecule has 0 saturated heterocycles. The van der Waals surface area contributed by atoms with Crippen LogP contribution in [0.3, 0.4) is 0 Å². The van der Waals surface area contributed by atoms with Crippen molar-refractivity contribution in [3.8, 4) is 5.75 Å². The van der Waals surface area contributed by atoms with E-state index in [-0.39, 0.29) is 6.61 Å². The molecule has 0 saturated carbocycles. The van der Waals surface area contributed by atoms with Gasteiger partial charge in [-0.2, -0.15) is 0 Å². The van der Waals surface area contributed by atoms with E-state index >= 15 is 0 Å². The summed E-state index contributed by atoms with van der Waals surface area (Å²) in [5.74, 6) is -0.427. The van der Waals surface area contributed by atoms with Crippen LogP contribution in [-0.4, -0.2) is 25.1 Å². The Labute approximate surface area is 142 Å². The Balaban J connectivity index is 1.93. The van der Waals surface area contributed by atoms with Crippen molar-refractivity contribution in [2.75, 3.05) is 18.5 Å². The quantitative estimate of drug-likeness (QED) is 0.780. The molecule has 1 N–H and O–H groups in total. The summed E-state index contributed by atoms with van der Waals surface area (Å²) in [5.41, 5.74) is 0.909. The minimum atomic E-state index is -0.564. The predicted octanol–water partition coefficient (Wildman–Crippen LogP) is 3.64. The molecule has 0 radical (unpaired) electrons. The van der Waals surface area contributed by atoms with Gasteiger partial charge in [0.2, 0.25) is 0 Å². The number of amides is 1. The number of para-hydroxylation sites is 2.